The van der Waals surface area contributed by atoms with E-state index in [9.17, 15) is 21.6 Å². The molecule has 0 aromatic heterocycles. The van der Waals surface area contributed by atoms with Gasteiger partial charge in [-0.1, -0.05) is 0 Å². The molecule has 0 amide bonds. The van der Waals surface area contributed by atoms with E-state index in [1.807, 2.05) is 0 Å². The van der Waals surface area contributed by atoms with Gasteiger partial charge in [0.1, 0.15) is 0 Å². The highest BCUT2D eigenvalue weighted by Crippen LogP contribution is 2.18. The van der Waals surface area contributed by atoms with Gasteiger partial charge in [0.05, 0.1) is 17.9 Å². The van der Waals surface area contributed by atoms with Crippen molar-refractivity contribution in [2.24, 2.45) is 4.99 Å². The van der Waals surface area contributed by atoms with E-state index >= 15 is 0 Å². The number of guanidine groups is 1. The maximum atomic E-state index is 11.9. The van der Waals surface area contributed by atoms with E-state index in [-0.39, 0.29) is 54.0 Å². The molecule has 0 aromatic carbocycles. The van der Waals surface area contributed by atoms with E-state index in [2.05, 4.69) is 15.6 Å². The molecule has 1 heterocycles. The fourth-order valence-corrected chi connectivity index (χ4v) is 3.29. The van der Waals surface area contributed by atoms with Gasteiger partial charge in [0.15, 0.2) is 15.8 Å². The first-order valence-corrected chi connectivity index (χ1v) is 7.28. The zero-order valence-electron chi connectivity index (χ0n) is 10.3. The first kappa shape index (κ1) is 18.7. The Hall–Kier alpha value is -0.260. The Labute approximate surface area is 127 Å². The summed E-state index contributed by atoms with van der Waals surface area (Å²) in [5, 5.41) is 5.30. The molecule has 0 spiro atoms. The van der Waals surface area contributed by atoms with Crippen molar-refractivity contribution in [2.75, 3.05) is 25.1 Å². The molecule has 0 radical (unpaired) electrons. The number of hydrogen-bond donors (Lipinski definition) is 2. The fourth-order valence-electron chi connectivity index (χ4n) is 1.62. The normalized spacial score (nSPS) is 22.7. The number of aliphatic imine (C=N–C) groups is 1. The van der Waals surface area contributed by atoms with Crippen LogP contribution in [0.4, 0.5) is 13.2 Å². The van der Waals surface area contributed by atoms with Gasteiger partial charge in [0.2, 0.25) is 0 Å². The van der Waals surface area contributed by atoms with Crippen molar-refractivity contribution < 1.29 is 21.6 Å². The fraction of sp³-hybridized carbons (Fsp3) is 0.889. The molecule has 0 aromatic rings. The molecule has 1 aliphatic rings. The average molecular weight is 415 g/mol. The lowest BCUT2D eigenvalue weighted by Crippen LogP contribution is -2.44. The smallest absolute Gasteiger partial charge is 0.356 e. The van der Waals surface area contributed by atoms with Gasteiger partial charge in [-0.05, 0) is 6.42 Å². The van der Waals surface area contributed by atoms with Crippen LogP contribution in [0, 0.1) is 0 Å². The molecule has 0 bridgehead atoms. The number of nitrogens with one attached hydrogen (secondary N) is 2. The molecule has 1 rings (SSSR count). The number of rotatable bonds is 3. The van der Waals surface area contributed by atoms with E-state index < -0.39 is 22.4 Å². The van der Waals surface area contributed by atoms with E-state index in [1.54, 1.807) is 0 Å². The highest BCUT2D eigenvalue weighted by atomic mass is 127. The van der Waals surface area contributed by atoms with Crippen molar-refractivity contribution in [1.82, 2.24) is 10.6 Å². The summed E-state index contributed by atoms with van der Waals surface area (Å²) in [6.45, 7) is -0.289. The second-order valence-electron chi connectivity index (χ2n) is 4.11. The Bertz CT molecular complexity index is 411. The Balaban J connectivity index is 0.00000324. The Morgan fingerprint density at radius 1 is 1.42 bits per heavy atom. The minimum absolute atomic E-state index is 0. The van der Waals surface area contributed by atoms with Crippen molar-refractivity contribution in [2.45, 2.75) is 25.1 Å². The van der Waals surface area contributed by atoms with Gasteiger partial charge in [0.25, 0.3) is 0 Å². The molecule has 1 unspecified atom stereocenters. The molecule has 0 saturated carbocycles. The van der Waals surface area contributed by atoms with Crippen molar-refractivity contribution >= 4 is 39.8 Å². The Kier molecular flexibility index (Phi) is 7.40. The predicted octanol–water partition coefficient (Wildman–Crippen LogP) is 0.909. The molecule has 2 N–H and O–H groups in total. The first-order valence-electron chi connectivity index (χ1n) is 5.46. The van der Waals surface area contributed by atoms with E-state index in [4.69, 9.17) is 0 Å². The van der Waals surface area contributed by atoms with Gasteiger partial charge < -0.3 is 10.6 Å². The number of nitrogens with zero attached hydrogens (tertiary/aromatic N) is 1. The molecular weight excluding hydrogens is 398 g/mol. The zero-order chi connectivity index (χ0) is 13.8. The van der Waals surface area contributed by atoms with Crippen LogP contribution >= 0.6 is 24.0 Å². The zero-order valence-corrected chi connectivity index (χ0v) is 13.5. The molecule has 10 heteroatoms. The minimum Gasteiger partial charge on any atom is -0.356 e. The quantitative estimate of drug-likeness (QED) is 0.409. The van der Waals surface area contributed by atoms with Gasteiger partial charge in [-0.25, -0.2) is 8.42 Å². The first-order chi connectivity index (χ1) is 8.22. The van der Waals surface area contributed by atoms with Crippen LogP contribution in [0.2, 0.25) is 0 Å². The lowest BCUT2D eigenvalue weighted by Gasteiger charge is -2.16. The predicted molar refractivity (Wildman–Crippen MR) is 77.6 cm³/mol. The van der Waals surface area contributed by atoms with Crippen molar-refractivity contribution in [3.63, 3.8) is 0 Å². The molecule has 1 fully saturated rings. The second kappa shape index (κ2) is 7.50. The lowest BCUT2D eigenvalue weighted by atomic mass is 10.3. The van der Waals surface area contributed by atoms with Crippen molar-refractivity contribution in [3.8, 4) is 0 Å². The number of hydrogen-bond acceptors (Lipinski definition) is 3. The van der Waals surface area contributed by atoms with Gasteiger partial charge >= 0.3 is 6.18 Å². The summed E-state index contributed by atoms with van der Waals surface area (Å²) in [6.07, 6.45) is -4.73. The third kappa shape index (κ3) is 7.80. The van der Waals surface area contributed by atoms with Gasteiger partial charge in [0, 0.05) is 19.6 Å². The maximum Gasteiger partial charge on any atom is 0.390 e. The Morgan fingerprint density at radius 2 is 2.05 bits per heavy atom. The van der Waals surface area contributed by atoms with Crippen LogP contribution in [0.1, 0.15) is 12.8 Å². The van der Waals surface area contributed by atoms with Crippen LogP contribution in [-0.4, -0.2) is 51.7 Å². The summed E-state index contributed by atoms with van der Waals surface area (Å²) in [5.74, 6) is 0.290. The lowest BCUT2D eigenvalue weighted by molar-refractivity contribution is -0.132. The summed E-state index contributed by atoms with van der Waals surface area (Å²) in [7, 11) is -1.60. The van der Waals surface area contributed by atoms with Crippen molar-refractivity contribution in [1.29, 1.82) is 0 Å². The second-order valence-corrected chi connectivity index (χ2v) is 6.34. The summed E-state index contributed by atoms with van der Waals surface area (Å²) in [6, 6.07) is -0.285. The van der Waals surface area contributed by atoms with Crippen LogP contribution in [0.3, 0.4) is 0 Å². The third-order valence-corrected chi connectivity index (χ3v) is 4.27. The topological polar surface area (TPSA) is 70.6 Å². The molecule has 5 nitrogen and oxygen atoms in total. The van der Waals surface area contributed by atoms with E-state index in [0.717, 1.165) is 0 Å². The molecule has 1 aliphatic heterocycles. The molecule has 19 heavy (non-hydrogen) atoms. The molecular formula is C9H17F3IN3O2S. The van der Waals surface area contributed by atoms with Gasteiger partial charge in [-0.3, -0.25) is 4.99 Å². The van der Waals surface area contributed by atoms with Crippen LogP contribution in [0.5, 0.6) is 0 Å². The van der Waals surface area contributed by atoms with Gasteiger partial charge in [-0.2, -0.15) is 13.2 Å². The highest BCUT2D eigenvalue weighted by molar-refractivity contribution is 14.0. The van der Waals surface area contributed by atoms with Gasteiger partial charge in [-0.15, -0.1) is 24.0 Å². The average Bonchev–Trinajstić information content (AvgIpc) is 2.55. The van der Waals surface area contributed by atoms with Crippen LogP contribution in [-0.2, 0) is 9.84 Å². The van der Waals surface area contributed by atoms with Crippen LogP contribution in [0.15, 0.2) is 4.99 Å². The van der Waals surface area contributed by atoms with E-state index in [1.165, 1.54) is 7.05 Å². The summed E-state index contributed by atoms with van der Waals surface area (Å²) in [5.41, 5.74) is 0. The van der Waals surface area contributed by atoms with Crippen LogP contribution in [0.25, 0.3) is 0 Å². The summed E-state index contributed by atoms with van der Waals surface area (Å²) >= 11 is 0. The molecule has 1 saturated heterocycles. The summed E-state index contributed by atoms with van der Waals surface area (Å²) in [4.78, 5) is 3.75. The number of sulfone groups is 1. The number of alkyl halides is 3. The Morgan fingerprint density at radius 3 is 2.47 bits per heavy atom. The van der Waals surface area contributed by atoms with Crippen LogP contribution < -0.4 is 10.6 Å². The van der Waals surface area contributed by atoms with Crippen molar-refractivity contribution in [3.05, 3.63) is 0 Å². The largest absolute Gasteiger partial charge is 0.390 e. The maximum absolute atomic E-state index is 11.9. The highest BCUT2D eigenvalue weighted by Gasteiger charge is 2.29. The number of halogens is 4. The third-order valence-electron chi connectivity index (χ3n) is 2.50. The van der Waals surface area contributed by atoms with E-state index in [0.29, 0.717) is 6.42 Å². The SMILES string of the molecule is CN=C(NCCC(F)(F)F)NC1CCS(=O)(=O)C1.I. The minimum atomic E-state index is -4.22. The standard InChI is InChI=1S/C9H16F3N3O2S.HI/c1-13-8(14-4-3-9(10,11)12)15-7-2-5-18(16,17)6-7;/h7H,2-6H2,1H3,(H2,13,14,15);1H. The monoisotopic (exact) mass is 415 g/mol. The molecule has 114 valence electrons. The molecule has 0 aliphatic carbocycles. The summed E-state index contributed by atoms with van der Waals surface area (Å²) < 4.78 is 58.2. The molecule has 1 atom stereocenters.